The van der Waals surface area contributed by atoms with Crippen molar-refractivity contribution >= 4 is 21.9 Å². The normalized spacial score (nSPS) is 12.0. The Morgan fingerprint density at radius 3 is 2.81 bits per heavy atom. The number of nitrogens with one attached hydrogen (secondary N) is 1. The van der Waals surface area contributed by atoms with Crippen molar-refractivity contribution in [2.45, 2.75) is 33.2 Å². The monoisotopic (exact) mass is 349 g/mol. The Balaban J connectivity index is 2.13. The smallest absolute Gasteiger partial charge is 0.226 e. The number of aryl methyl sites for hydroxylation is 1. The molecule has 21 heavy (non-hydrogen) atoms. The van der Waals surface area contributed by atoms with Crippen LogP contribution in [0.5, 0.6) is 5.88 Å². The summed E-state index contributed by atoms with van der Waals surface area (Å²) in [5, 5.41) is 3.32. The van der Waals surface area contributed by atoms with Gasteiger partial charge in [-0.05, 0) is 38.0 Å². The lowest BCUT2D eigenvalue weighted by molar-refractivity contribution is 0.305. The number of ether oxygens (including phenoxy) is 1. The molecule has 0 spiro atoms. The number of anilines is 1. The van der Waals surface area contributed by atoms with Crippen LogP contribution in [0.2, 0.25) is 0 Å². The fraction of sp³-hybridized carbons (Fsp3) is 0.375. The van der Waals surface area contributed by atoms with Gasteiger partial charge in [-0.2, -0.15) is 4.98 Å². The molecule has 0 bridgehead atoms. The van der Waals surface area contributed by atoms with E-state index in [1.165, 1.54) is 5.56 Å². The Hall–Kier alpha value is -1.62. The fourth-order valence-electron chi connectivity index (χ4n) is 1.94. The summed E-state index contributed by atoms with van der Waals surface area (Å²) in [6.07, 6.45) is 0.959. The lowest BCUT2D eigenvalue weighted by atomic mass is 10.1. The summed E-state index contributed by atoms with van der Waals surface area (Å²) >= 11 is 3.49. The number of hydrogen-bond donors (Lipinski definition) is 1. The van der Waals surface area contributed by atoms with Crippen LogP contribution in [-0.2, 0) is 0 Å². The molecular weight excluding hydrogens is 330 g/mol. The van der Waals surface area contributed by atoms with Crippen molar-refractivity contribution in [3.05, 3.63) is 46.1 Å². The van der Waals surface area contributed by atoms with Crippen LogP contribution in [0.25, 0.3) is 0 Å². The minimum absolute atomic E-state index is 0.114. The van der Waals surface area contributed by atoms with Gasteiger partial charge >= 0.3 is 0 Å². The van der Waals surface area contributed by atoms with Crippen LogP contribution in [0.1, 0.15) is 37.6 Å². The summed E-state index contributed by atoms with van der Waals surface area (Å²) in [5.74, 6) is 1.21. The summed E-state index contributed by atoms with van der Waals surface area (Å²) in [6.45, 7) is 6.76. The highest BCUT2D eigenvalue weighted by Gasteiger charge is 2.09. The summed E-state index contributed by atoms with van der Waals surface area (Å²) in [5.41, 5.74) is 2.06. The third-order valence-corrected chi connectivity index (χ3v) is 3.47. The molecule has 0 saturated carbocycles. The lowest BCUT2D eigenvalue weighted by Crippen LogP contribution is -2.11. The Labute approximate surface area is 134 Å². The van der Waals surface area contributed by atoms with Crippen molar-refractivity contribution in [1.82, 2.24) is 9.97 Å². The highest BCUT2D eigenvalue weighted by atomic mass is 79.9. The summed E-state index contributed by atoms with van der Waals surface area (Å²) < 4.78 is 6.65. The SMILES string of the molecule is CCCOc1cc(C)nc(NC(C)c2cccc(Br)c2)n1. The van der Waals surface area contributed by atoms with Crippen LogP contribution in [-0.4, -0.2) is 16.6 Å². The van der Waals surface area contributed by atoms with Crippen LogP contribution in [0.3, 0.4) is 0 Å². The average Bonchev–Trinajstić information content (AvgIpc) is 2.44. The topological polar surface area (TPSA) is 47.0 Å². The molecule has 0 aliphatic carbocycles. The zero-order valence-corrected chi connectivity index (χ0v) is 14.1. The van der Waals surface area contributed by atoms with Gasteiger partial charge in [0.25, 0.3) is 0 Å². The molecule has 5 heteroatoms. The Morgan fingerprint density at radius 2 is 2.10 bits per heavy atom. The van der Waals surface area contributed by atoms with Gasteiger partial charge in [-0.3, -0.25) is 0 Å². The number of nitrogens with zero attached hydrogens (tertiary/aromatic N) is 2. The molecule has 0 amide bonds. The van der Waals surface area contributed by atoms with E-state index >= 15 is 0 Å². The van der Waals surface area contributed by atoms with E-state index in [-0.39, 0.29) is 6.04 Å². The van der Waals surface area contributed by atoms with E-state index in [0.717, 1.165) is 16.6 Å². The number of halogens is 1. The second kappa shape index (κ2) is 7.41. The van der Waals surface area contributed by atoms with Crippen molar-refractivity contribution in [1.29, 1.82) is 0 Å². The Kier molecular flexibility index (Phi) is 5.56. The minimum Gasteiger partial charge on any atom is -0.478 e. The molecule has 1 atom stereocenters. The highest BCUT2D eigenvalue weighted by Crippen LogP contribution is 2.21. The first-order valence-corrected chi connectivity index (χ1v) is 7.88. The van der Waals surface area contributed by atoms with E-state index in [4.69, 9.17) is 4.74 Å². The third-order valence-electron chi connectivity index (χ3n) is 2.98. The van der Waals surface area contributed by atoms with Crippen molar-refractivity contribution < 1.29 is 4.74 Å². The zero-order chi connectivity index (χ0) is 15.2. The standard InChI is InChI=1S/C16H20BrN3O/c1-4-8-21-15-9-11(2)18-16(20-15)19-12(3)13-6-5-7-14(17)10-13/h5-7,9-10,12H,4,8H2,1-3H3,(H,18,19,20). The van der Waals surface area contributed by atoms with Gasteiger partial charge in [0.1, 0.15) is 0 Å². The van der Waals surface area contributed by atoms with Gasteiger partial charge in [0.2, 0.25) is 11.8 Å². The Morgan fingerprint density at radius 1 is 1.29 bits per heavy atom. The maximum absolute atomic E-state index is 5.58. The quantitative estimate of drug-likeness (QED) is 0.833. The van der Waals surface area contributed by atoms with E-state index in [0.29, 0.717) is 18.4 Å². The van der Waals surface area contributed by atoms with Crippen molar-refractivity contribution in [2.24, 2.45) is 0 Å². The molecule has 0 radical (unpaired) electrons. The predicted octanol–water partition coefficient (Wildman–Crippen LogP) is 4.51. The van der Waals surface area contributed by atoms with Gasteiger partial charge in [-0.15, -0.1) is 0 Å². The maximum atomic E-state index is 5.58. The number of rotatable bonds is 6. The van der Waals surface area contributed by atoms with Gasteiger partial charge in [0.05, 0.1) is 12.6 Å². The molecule has 1 heterocycles. The largest absolute Gasteiger partial charge is 0.478 e. The molecule has 1 aromatic heterocycles. The van der Waals surface area contributed by atoms with Gasteiger partial charge < -0.3 is 10.1 Å². The number of hydrogen-bond acceptors (Lipinski definition) is 4. The van der Waals surface area contributed by atoms with Gasteiger partial charge in [-0.25, -0.2) is 4.98 Å². The number of benzene rings is 1. The molecule has 112 valence electrons. The summed E-state index contributed by atoms with van der Waals surface area (Å²) in [7, 11) is 0. The fourth-order valence-corrected chi connectivity index (χ4v) is 2.35. The summed E-state index contributed by atoms with van der Waals surface area (Å²) in [4.78, 5) is 8.82. The first-order chi connectivity index (χ1) is 10.1. The molecule has 2 aromatic rings. The molecule has 1 unspecified atom stereocenters. The predicted molar refractivity (Wildman–Crippen MR) is 88.7 cm³/mol. The van der Waals surface area contributed by atoms with Crippen LogP contribution in [0.4, 0.5) is 5.95 Å². The molecule has 1 N–H and O–H groups in total. The molecular formula is C16H20BrN3O. The van der Waals surface area contributed by atoms with Crippen LogP contribution < -0.4 is 10.1 Å². The van der Waals surface area contributed by atoms with E-state index in [9.17, 15) is 0 Å². The highest BCUT2D eigenvalue weighted by molar-refractivity contribution is 9.10. The second-order valence-corrected chi connectivity index (χ2v) is 5.86. The van der Waals surface area contributed by atoms with Crippen LogP contribution in [0, 0.1) is 6.92 Å². The molecule has 0 aliphatic rings. The van der Waals surface area contributed by atoms with Gasteiger partial charge in [0, 0.05) is 16.2 Å². The average molecular weight is 350 g/mol. The van der Waals surface area contributed by atoms with Crippen LogP contribution >= 0.6 is 15.9 Å². The van der Waals surface area contributed by atoms with E-state index in [1.807, 2.05) is 25.1 Å². The van der Waals surface area contributed by atoms with Crippen molar-refractivity contribution in [2.75, 3.05) is 11.9 Å². The lowest BCUT2D eigenvalue weighted by Gasteiger charge is -2.15. The van der Waals surface area contributed by atoms with Gasteiger partial charge in [-0.1, -0.05) is 35.0 Å². The van der Waals surface area contributed by atoms with E-state index < -0.39 is 0 Å². The van der Waals surface area contributed by atoms with E-state index in [1.54, 1.807) is 0 Å². The zero-order valence-electron chi connectivity index (χ0n) is 12.6. The molecule has 1 aromatic carbocycles. The third kappa shape index (κ3) is 4.70. The van der Waals surface area contributed by atoms with Crippen molar-refractivity contribution in [3.63, 3.8) is 0 Å². The molecule has 2 rings (SSSR count). The molecule has 0 fully saturated rings. The second-order valence-electron chi connectivity index (χ2n) is 4.94. The Bertz CT molecular complexity index is 604. The first kappa shape index (κ1) is 15.8. The number of aromatic nitrogens is 2. The molecule has 0 saturated heterocycles. The summed E-state index contributed by atoms with van der Waals surface area (Å²) in [6, 6.07) is 10.2. The van der Waals surface area contributed by atoms with Crippen LogP contribution in [0.15, 0.2) is 34.8 Å². The molecule has 4 nitrogen and oxygen atoms in total. The maximum Gasteiger partial charge on any atom is 0.226 e. The van der Waals surface area contributed by atoms with E-state index in [2.05, 4.69) is 57.2 Å². The van der Waals surface area contributed by atoms with Crippen molar-refractivity contribution in [3.8, 4) is 5.88 Å². The minimum atomic E-state index is 0.114. The molecule has 0 aliphatic heterocycles. The first-order valence-electron chi connectivity index (χ1n) is 7.09. The van der Waals surface area contributed by atoms with Gasteiger partial charge in [0.15, 0.2) is 0 Å².